The third-order valence-electron chi connectivity index (χ3n) is 4.01. The summed E-state index contributed by atoms with van der Waals surface area (Å²) in [5.41, 5.74) is 3.91. The van der Waals surface area contributed by atoms with Crippen LogP contribution in [0.5, 0.6) is 0 Å². The van der Waals surface area contributed by atoms with Gasteiger partial charge in [-0.2, -0.15) is 11.3 Å². The van der Waals surface area contributed by atoms with Gasteiger partial charge in [-0.25, -0.2) is 4.79 Å². The zero-order valence-electron chi connectivity index (χ0n) is 14.7. The molecule has 0 spiro atoms. The van der Waals surface area contributed by atoms with Gasteiger partial charge in [0.2, 0.25) is 5.91 Å². The molecule has 4 nitrogen and oxygen atoms in total. The van der Waals surface area contributed by atoms with Gasteiger partial charge in [0, 0.05) is 5.02 Å². The van der Waals surface area contributed by atoms with Crippen molar-refractivity contribution in [1.29, 1.82) is 0 Å². The zero-order valence-corrected chi connectivity index (χ0v) is 16.3. The summed E-state index contributed by atoms with van der Waals surface area (Å²) < 4.78 is 4.75. The molecule has 0 saturated heterocycles. The maximum absolute atomic E-state index is 12.5. The number of methoxy groups -OCH3 is 1. The van der Waals surface area contributed by atoms with Crippen molar-refractivity contribution >= 4 is 40.5 Å². The Morgan fingerprint density at radius 2 is 1.89 bits per heavy atom. The lowest BCUT2D eigenvalue weighted by molar-refractivity contribution is -0.115. The first-order valence-corrected chi connectivity index (χ1v) is 9.64. The number of esters is 1. The van der Waals surface area contributed by atoms with Gasteiger partial charge in [0.15, 0.2) is 0 Å². The molecule has 27 heavy (non-hydrogen) atoms. The summed E-state index contributed by atoms with van der Waals surface area (Å²) in [7, 11) is 1.29. The molecule has 0 atom stereocenters. The van der Waals surface area contributed by atoms with Crippen molar-refractivity contribution in [3.63, 3.8) is 0 Å². The van der Waals surface area contributed by atoms with Gasteiger partial charge in [0.1, 0.15) is 0 Å². The Hall–Kier alpha value is -2.63. The average Bonchev–Trinajstić information content (AvgIpc) is 3.14. The first-order chi connectivity index (χ1) is 13.0. The first-order valence-electron chi connectivity index (χ1n) is 8.32. The van der Waals surface area contributed by atoms with Crippen molar-refractivity contribution in [3.05, 3.63) is 86.6 Å². The largest absolute Gasteiger partial charge is 0.465 e. The molecule has 0 saturated carbocycles. The van der Waals surface area contributed by atoms with Crippen LogP contribution >= 0.6 is 22.9 Å². The molecule has 138 valence electrons. The second-order valence-corrected chi connectivity index (χ2v) is 7.25. The van der Waals surface area contributed by atoms with E-state index in [1.165, 1.54) is 18.7 Å². The number of rotatable bonds is 6. The first kappa shape index (κ1) is 19.1. The van der Waals surface area contributed by atoms with Crippen LogP contribution in [0, 0.1) is 0 Å². The number of hydrogen-bond donors (Lipinski definition) is 1. The van der Waals surface area contributed by atoms with E-state index in [0.29, 0.717) is 10.7 Å². The summed E-state index contributed by atoms with van der Waals surface area (Å²) >= 11 is 7.66. The van der Waals surface area contributed by atoms with Crippen molar-refractivity contribution in [2.24, 2.45) is 0 Å². The molecule has 0 aliphatic rings. The summed E-state index contributed by atoms with van der Waals surface area (Å²) in [6.07, 6.45) is 1.03. The van der Waals surface area contributed by atoms with Gasteiger partial charge < -0.3 is 10.1 Å². The smallest absolute Gasteiger partial charge is 0.339 e. The molecule has 0 aliphatic carbocycles. The van der Waals surface area contributed by atoms with Crippen LogP contribution < -0.4 is 5.32 Å². The summed E-state index contributed by atoms with van der Waals surface area (Å²) in [6, 6.07) is 14.7. The van der Waals surface area contributed by atoms with Crippen LogP contribution in [0.1, 0.15) is 27.0 Å². The third kappa shape index (κ3) is 5.18. The minimum atomic E-state index is -0.528. The van der Waals surface area contributed by atoms with Gasteiger partial charge in [0.05, 0.1) is 24.8 Å². The predicted octanol–water partition coefficient (Wildman–Crippen LogP) is 4.96. The number of carbonyl (C=O) groups is 2. The molecule has 0 bridgehead atoms. The number of nitrogens with one attached hydrogen (secondary N) is 1. The highest BCUT2D eigenvalue weighted by Gasteiger charge is 2.15. The maximum Gasteiger partial charge on any atom is 0.339 e. The van der Waals surface area contributed by atoms with E-state index in [4.69, 9.17) is 16.3 Å². The Morgan fingerprint density at radius 1 is 1.07 bits per heavy atom. The highest BCUT2D eigenvalue weighted by Crippen LogP contribution is 2.22. The Morgan fingerprint density at radius 3 is 2.63 bits per heavy atom. The third-order valence-corrected chi connectivity index (χ3v) is 4.97. The Balaban J connectivity index is 1.71. The Bertz CT molecular complexity index is 954. The van der Waals surface area contributed by atoms with Gasteiger partial charge in [0.25, 0.3) is 0 Å². The fourth-order valence-corrected chi connectivity index (χ4v) is 3.61. The van der Waals surface area contributed by atoms with E-state index in [1.54, 1.807) is 23.5 Å². The number of halogens is 1. The minimum absolute atomic E-state index is 0.199. The van der Waals surface area contributed by atoms with E-state index in [2.05, 4.69) is 22.1 Å². The summed E-state index contributed by atoms with van der Waals surface area (Å²) in [6.45, 7) is 0. The maximum atomic E-state index is 12.5. The van der Waals surface area contributed by atoms with Crippen LogP contribution in [-0.4, -0.2) is 19.0 Å². The molecule has 3 aromatic rings. The normalized spacial score (nSPS) is 10.4. The summed E-state index contributed by atoms with van der Waals surface area (Å²) in [4.78, 5) is 24.3. The lowest BCUT2D eigenvalue weighted by Gasteiger charge is -2.11. The van der Waals surface area contributed by atoms with E-state index in [0.717, 1.165) is 17.5 Å². The molecule has 2 aromatic carbocycles. The number of benzene rings is 2. The van der Waals surface area contributed by atoms with Crippen molar-refractivity contribution in [3.8, 4) is 0 Å². The lowest BCUT2D eigenvalue weighted by atomic mass is 10.0. The number of thiophene rings is 1. The monoisotopic (exact) mass is 399 g/mol. The van der Waals surface area contributed by atoms with Gasteiger partial charge >= 0.3 is 5.97 Å². The SMILES string of the molecule is COC(=O)c1ccc(Cl)cc1NC(=O)Cc1cccc(Cc2ccsc2)c1. The molecule has 3 rings (SSSR count). The van der Waals surface area contributed by atoms with Crippen LogP contribution in [0.3, 0.4) is 0 Å². The lowest BCUT2D eigenvalue weighted by Crippen LogP contribution is -2.17. The molecule has 0 unspecified atom stereocenters. The average molecular weight is 400 g/mol. The molecule has 6 heteroatoms. The van der Waals surface area contributed by atoms with Crippen LogP contribution in [0.2, 0.25) is 5.02 Å². The van der Waals surface area contributed by atoms with Crippen molar-refractivity contribution in [2.75, 3.05) is 12.4 Å². The standard InChI is InChI=1S/C21H18ClNO3S/c1-26-21(25)18-6-5-17(22)12-19(18)23-20(24)11-15-4-2-3-14(9-15)10-16-7-8-27-13-16/h2-9,12-13H,10-11H2,1H3,(H,23,24). The van der Waals surface area contributed by atoms with Crippen LogP contribution in [0.25, 0.3) is 0 Å². The highest BCUT2D eigenvalue weighted by atomic mass is 35.5. The minimum Gasteiger partial charge on any atom is -0.465 e. The Labute approximate surface area is 166 Å². The van der Waals surface area contributed by atoms with E-state index in [1.807, 2.05) is 24.3 Å². The van der Waals surface area contributed by atoms with E-state index in [9.17, 15) is 9.59 Å². The van der Waals surface area contributed by atoms with E-state index in [-0.39, 0.29) is 17.9 Å². The van der Waals surface area contributed by atoms with Gasteiger partial charge in [-0.3, -0.25) is 4.79 Å². The fourth-order valence-electron chi connectivity index (χ4n) is 2.77. The van der Waals surface area contributed by atoms with E-state index >= 15 is 0 Å². The van der Waals surface area contributed by atoms with Gasteiger partial charge in [-0.15, -0.1) is 0 Å². The number of amides is 1. The topological polar surface area (TPSA) is 55.4 Å². The molecule has 0 radical (unpaired) electrons. The zero-order chi connectivity index (χ0) is 19.2. The van der Waals surface area contributed by atoms with Gasteiger partial charge in [-0.1, -0.05) is 35.9 Å². The van der Waals surface area contributed by atoms with E-state index < -0.39 is 5.97 Å². The highest BCUT2D eigenvalue weighted by molar-refractivity contribution is 7.07. The van der Waals surface area contributed by atoms with Crippen LogP contribution in [0.4, 0.5) is 5.69 Å². The second-order valence-electron chi connectivity index (χ2n) is 6.03. The molecule has 0 aliphatic heterocycles. The number of ether oxygens (including phenoxy) is 1. The summed E-state index contributed by atoms with van der Waals surface area (Å²) in [5, 5.41) is 7.35. The number of carbonyl (C=O) groups excluding carboxylic acids is 2. The number of anilines is 1. The van der Waals surface area contributed by atoms with Gasteiger partial charge in [-0.05, 0) is 58.1 Å². The molecule has 1 heterocycles. The second kappa shape index (κ2) is 8.84. The van der Waals surface area contributed by atoms with Crippen molar-refractivity contribution < 1.29 is 14.3 Å². The molecule has 1 N–H and O–H groups in total. The molecular formula is C21H18ClNO3S. The quantitative estimate of drug-likeness (QED) is 0.596. The molecular weight excluding hydrogens is 382 g/mol. The fraction of sp³-hybridized carbons (Fsp3) is 0.143. The predicted molar refractivity (Wildman–Crippen MR) is 109 cm³/mol. The van der Waals surface area contributed by atoms with Crippen LogP contribution in [-0.2, 0) is 22.4 Å². The molecule has 1 aromatic heterocycles. The molecule has 0 fully saturated rings. The number of hydrogen-bond acceptors (Lipinski definition) is 4. The van der Waals surface area contributed by atoms with Crippen LogP contribution in [0.15, 0.2) is 59.3 Å². The van der Waals surface area contributed by atoms with Crippen molar-refractivity contribution in [1.82, 2.24) is 0 Å². The molecule has 1 amide bonds. The summed E-state index contributed by atoms with van der Waals surface area (Å²) in [5.74, 6) is -0.755. The van der Waals surface area contributed by atoms with Crippen molar-refractivity contribution in [2.45, 2.75) is 12.8 Å². The Kier molecular flexibility index (Phi) is 6.27.